The van der Waals surface area contributed by atoms with Crippen molar-refractivity contribution in [3.05, 3.63) is 53.6 Å². The predicted molar refractivity (Wildman–Crippen MR) is 91.2 cm³/mol. The molecule has 0 radical (unpaired) electrons. The van der Waals surface area contributed by atoms with Gasteiger partial charge < -0.3 is 0 Å². The molecule has 22 heavy (non-hydrogen) atoms. The van der Waals surface area contributed by atoms with Crippen LogP contribution in [0.4, 0.5) is 0 Å². The van der Waals surface area contributed by atoms with Crippen molar-refractivity contribution < 1.29 is 9.90 Å². The number of rotatable bonds is 5. The summed E-state index contributed by atoms with van der Waals surface area (Å²) in [5.74, 6) is 0.744. The molecule has 0 unspecified atom stereocenters. The molecule has 0 aliphatic rings. The Morgan fingerprint density at radius 3 is 2.91 bits per heavy atom. The summed E-state index contributed by atoms with van der Waals surface area (Å²) >= 11 is 1.91. The van der Waals surface area contributed by atoms with Gasteiger partial charge in [-0.25, -0.2) is 0 Å². The molecule has 0 amide bonds. The molecule has 1 N–H and O–H groups in total. The monoisotopic (exact) mass is 377 g/mol. The average molecular weight is 376 g/mol. The van der Waals surface area contributed by atoms with Gasteiger partial charge >= 0.3 is 139 Å². The number of para-hydroxylation sites is 1. The van der Waals surface area contributed by atoms with Crippen molar-refractivity contribution in [2.24, 2.45) is 0 Å². The molecule has 5 heteroatoms. The summed E-state index contributed by atoms with van der Waals surface area (Å²) < 4.78 is 2.43. The SMILES string of the molecule is Cc1ccc(O)c(C(=O)CCSc2nc3ccccc3[se]2)c1. The molecule has 0 bridgehead atoms. The molecule has 0 aliphatic carbocycles. The predicted octanol–water partition coefficient (Wildman–Crippen LogP) is 3.67. The minimum atomic E-state index is -0.0164. The summed E-state index contributed by atoms with van der Waals surface area (Å²) in [5, 5.41) is 9.79. The first-order valence-electron chi connectivity index (χ1n) is 6.94. The van der Waals surface area contributed by atoms with E-state index >= 15 is 0 Å². The van der Waals surface area contributed by atoms with Gasteiger partial charge in [-0.2, -0.15) is 0 Å². The second-order valence-electron chi connectivity index (χ2n) is 4.99. The van der Waals surface area contributed by atoms with Crippen LogP contribution >= 0.6 is 11.8 Å². The van der Waals surface area contributed by atoms with Gasteiger partial charge in [0, 0.05) is 0 Å². The number of carbonyl (C=O) groups is 1. The Bertz CT molecular complexity index is 795. The number of hydrogen-bond donors (Lipinski definition) is 1. The number of nitrogens with zero attached hydrogens (tertiary/aromatic N) is 1. The van der Waals surface area contributed by atoms with E-state index in [0.29, 0.717) is 17.7 Å². The van der Waals surface area contributed by atoms with Gasteiger partial charge in [-0.15, -0.1) is 0 Å². The number of thioether (sulfide) groups is 1. The fourth-order valence-electron chi connectivity index (χ4n) is 2.15. The zero-order chi connectivity index (χ0) is 15.5. The molecule has 3 nitrogen and oxygen atoms in total. The van der Waals surface area contributed by atoms with Crippen LogP contribution in [0.2, 0.25) is 0 Å². The van der Waals surface area contributed by atoms with E-state index in [1.54, 1.807) is 30.0 Å². The Morgan fingerprint density at radius 2 is 2.09 bits per heavy atom. The Morgan fingerprint density at radius 1 is 1.27 bits per heavy atom. The number of carbonyl (C=O) groups excluding carboxylic acids is 1. The van der Waals surface area contributed by atoms with E-state index in [4.69, 9.17) is 0 Å². The van der Waals surface area contributed by atoms with E-state index in [1.165, 1.54) is 4.26 Å². The van der Waals surface area contributed by atoms with Crippen LogP contribution in [0, 0.1) is 6.92 Å². The van der Waals surface area contributed by atoms with Crippen LogP contribution in [0.15, 0.2) is 46.4 Å². The van der Waals surface area contributed by atoms with E-state index < -0.39 is 0 Å². The van der Waals surface area contributed by atoms with Crippen molar-refractivity contribution in [2.75, 3.05) is 5.75 Å². The van der Waals surface area contributed by atoms with Gasteiger partial charge in [0.05, 0.1) is 0 Å². The number of hydrogen-bond acceptors (Lipinski definition) is 4. The normalized spacial score (nSPS) is 11.0. The van der Waals surface area contributed by atoms with Crippen molar-refractivity contribution in [3.63, 3.8) is 0 Å². The summed E-state index contributed by atoms with van der Waals surface area (Å²) in [6.07, 6.45) is 0.410. The van der Waals surface area contributed by atoms with Crippen LogP contribution in [0.1, 0.15) is 22.3 Å². The second kappa shape index (κ2) is 6.69. The third-order valence-corrected chi connectivity index (χ3v) is 6.95. The molecule has 112 valence electrons. The average Bonchev–Trinajstić information content (AvgIpc) is 2.92. The van der Waals surface area contributed by atoms with Gasteiger partial charge in [-0.3, -0.25) is 0 Å². The molecule has 0 aliphatic heterocycles. The van der Waals surface area contributed by atoms with Gasteiger partial charge in [-0.05, 0) is 0 Å². The quantitative estimate of drug-likeness (QED) is 0.419. The summed E-state index contributed by atoms with van der Waals surface area (Å²) in [6, 6.07) is 13.3. The molecule has 2 aromatic carbocycles. The number of fused-ring (bicyclic) bond motifs is 1. The molecule has 0 spiro atoms. The number of aromatic nitrogens is 1. The number of phenols is 1. The van der Waals surface area contributed by atoms with Crippen LogP contribution in [-0.2, 0) is 0 Å². The van der Waals surface area contributed by atoms with E-state index in [2.05, 4.69) is 11.1 Å². The first kappa shape index (κ1) is 15.3. The van der Waals surface area contributed by atoms with Crippen LogP contribution in [0.25, 0.3) is 9.78 Å². The molecule has 0 saturated carbocycles. The maximum absolute atomic E-state index is 12.2. The van der Waals surface area contributed by atoms with Gasteiger partial charge in [0.25, 0.3) is 0 Å². The maximum atomic E-state index is 12.2. The van der Waals surface area contributed by atoms with E-state index in [-0.39, 0.29) is 26.0 Å². The topological polar surface area (TPSA) is 50.2 Å². The van der Waals surface area contributed by atoms with Gasteiger partial charge in [-0.1, -0.05) is 0 Å². The van der Waals surface area contributed by atoms with Crippen LogP contribution < -0.4 is 0 Å². The Labute approximate surface area is 139 Å². The number of ketones is 1. The molecule has 0 saturated heterocycles. The zero-order valence-electron chi connectivity index (χ0n) is 12.1. The third-order valence-electron chi connectivity index (χ3n) is 3.28. The summed E-state index contributed by atoms with van der Waals surface area (Å²) in [5.41, 5.74) is 2.46. The number of aryl methyl sites for hydroxylation is 1. The Kier molecular flexibility index (Phi) is 4.67. The summed E-state index contributed by atoms with van der Waals surface area (Å²) in [7, 11) is 0. The standard InChI is InChI=1S/C17H15NO2SSe/c1-11-6-7-14(19)12(10-11)15(20)8-9-21-17-18-13-4-2-3-5-16(13)22-17/h2-7,10,19H,8-9H2,1H3. The van der Waals surface area contributed by atoms with Crippen molar-refractivity contribution in [3.8, 4) is 5.75 Å². The van der Waals surface area contributed by atoms with Crippen molar-refractivity contribution >= 4 is 41.8 Å². The molecule has 0 fully saturated rings. The van der Waals surface area contributed by atoms with Gasteiger partial charge in [0.2, 0.25) is 0 Å². The second-order valence-corrected chi connectivity index (χ2v) is 8.82. The number of phenolic OH excluding ortho intramolecular Hbond substituents is 1. The van der Waals surface area contributed by atoms with Crippen LogP contribution in [0.5, 0.6) is 5.75 Å². The molecule has 1 aromatic heterocycles. The molecule has 3 aromatic rings. The molecular formula is C17H15NO2SSe. The number of aromatic hydroxyl groups is 1. The Hall–Kier alpha value is -1.55. The summed E-state index contributed by atoms with van der Waals surface area (Å²) in [4.78, 5) is 16.8. The number of benzene rings is 2. The van der Waals surface area contributed by atoms with Crippen LogP contribution in [0.3, 0.4) is 0 Å². The minimum absolute atomic E-state index is 0.0164. The molecule has 3 rings (SSSR count). The van der Waals surface area contributed by atoms with Crippen molar-refractivity contribution in [1.29, 1.82) is 0 Å². The van der Waals surface area contributed by atoms with E-state index in [9.17, 15) is 9.90 Å². The third kappa shape index (κ3) is 3.43. The molecule has 0 atom stereocenters. The first-order valence-corrected chi connectivity index (χ1v) is 9.64. The van der Waals surface area contributed by atoms with E-state index in [0.717, 1.165) is 15.0 Å². The Balaban J connectivity index is 1.62. The fraction of sp³-hybridized carbons (Fsp3) is 0.176. The van der Waals surface area contributed by atoms with Crippen molar-refractivity contribution in [2.45, 2.75) is 17.2 Å². The zero-order valence-corrected chi connectivity index (χ0v) is 14.6. The van der Waals surface area contributed by atoms with E-state index in [1.807, 2.05) is 25.1 Å². The van der Waals surface area contributed by atoms with Gasteiger partial charge in [0.1, 0.15) is 0 Å². The molecular weight excluding hydrogens is 361 g/mol. The first-order chi connectivity index (χ1) is 10.6. The van der Waals surface area contributed by atoms with Crippen LogP contribution in [-0.4, -0.2) is 36.1 Å². The van der Waals surface area contributed by atoms with Crippen molar-refractivity contribution in [1.82, 2.24) is 4.98 Å². The summed E-state index contributed by atoms with van der Waals surface area (Å²) in [6.45, 7) is 1.91. The molecule has 1 heterocycles. The fourth-order valence-corrected chi connectivity index (χ4v) is 5.66. The number of Topliss-reactive ketones (excluding diaryl/α,β-unsaturated/α-hetero) is 1. The van der Waals surface area contributed by atoms with Gasteiger partial charge in [0.15, 0.2) is 0 Å².